The molecule has 0 unspecified atom stereocenters. The second kappa shape index (κ2) is 4.06. The van der Waals surface area contributed by atoms with Crippen molar-refractivity contribution in [1.82, 2.24) is 0 Å². The average molecular weight is 231 g/mol. The summed E-state index contributed by atoms with van der Waals surface area (Å²) in [6.45, 7) is 0.750. The Morgan fingerprint density at radius 2 is 2.12 bits per heavy atom. The maximum absolute atomic E-state index is 12.3. The number of aromatic hydroxyl groups is 1. The van der Waals surface area contributed by atoms with Crippen LogP contribution in [0.1, 0.15) is 31.2 Å². The first kappa shape index (κ1) is 10.6. The highest BCUT2D eigenvalue weighted by Crippen LogP contribution is 2.38. The molecule has 0 bridgehead atoms. The van der Waals surface area contributed by atoms with Gasteiger partial charge in [-0.15, -0.1) is 0 Å². The van der Waals surface area contributed by atoms with E-state index in [1.165, 1.54) is 0 Å². The van der Waals surface area contributed by atoms with Crippen molar-refractivity contribution >= 4 is 11.6 Å². The van der Waals surface area contributed by atoms with Gasteiger partial charge in [0.1, 0.15) is 5.75 Å². The predicted octanol–water partition coefficient (Wildman–Crippen LogP) is 2.47. The fourth-order valence-corrected chi connectivity index (χ4v) is 2.73. The molecule has 1 amide bonds. The Bertz CT molecular complexity index is 452. The van der Waals surface area contributed by atoms with E-state index in [0.29, 0.717) is 0 Å². The first-order valence-electron chi connectivity index (χ1n) is 6.39. The summed E-state index contributed by atoms with van der Waals surface area (Å²) in [5.41, 5.74) is 1.86. The van der Waals surface area contributed by atoms with Gasteiger partial charge in [0.15, 0.2) is 0 Å². The number of amides is 1. The van der Waals surface area contributed by atoms with Crippen LogP contribution in [0.2, 0.25) is 0 Å². The van der Waals surface area contributed by atoms with Crippen LogP contribution in [0, 0.1) is 5.92 Å². The summed E-state index contributed by atoms with van der Waals surface area (Å²) in [5, 5.41) is 9.95. The molecular weight excluding hydrogens is 214 g/mol. The number of para-hydroxylation sites is 1. The van der Waals surface area contributed by atoms with Gasteiger partial charge in [0.25, 0.3) is 0 Å². The van der Waals surface area contributed by atoms with Gasteiger partial charge in [0.2, 0.25) is 5.91 Å². The summed E-state index contributed by atoms with van der Waals surface area (Å²) in [7, 11) is 0. The number of nitrogens with zero attached hydrogens (tertiary/aromatic N) is 1. The highest BCUT2D eigenvalue weighted by molar-refractivity contribution is 5.98. The number of anilines is 1. The average Bonchev–Trinajstić information content (AvgIpc) is 2.26. The smallest absolute Gasteiger partial charge is 0.230 e. The minimum Gasteiger partial charge on any atom is -0.506 e. The third-order valence-corrected chi connectivity index (χ3v) is 3.92. The Morgan fingerprint density at radius 1 is 1.29 bits per heavy atom. The quantitative estimate of drug-likeness (QED) is 0.806. The minimum atomic E-state index is 0.195. The fourth-order valence-electron chi connectivity index (χ4n) is 2.73. The Morgan fingerprint density at radius 3 is 2.82 bits per heavy atom. The fraction of sp³-hybridized carbons (Fsp3) is 0.500. The Hall–Kier alpha value is -1.51. The zero-order valence-corrected chi connectivity index (χ0v) is 9.85. The lowest BCUT2D eigenvalue weighted by Gasteiger charge is -2.35. The van der Waals surface area contributed by atoms with E-state index in [2.05, 4.69) is 0 Å². The van der Waals surface area contributed by atoms with Crippen molar-refractivity contribution < 1.29 is 9.90 Å². The van der Waals surface area contributed by atoms with Crippen molar-refractivity contribution in [3.63, 3.8) is 0 Å². The number of rotatable bonds is 1. The molecule has 1 heterocycles. The lowest BCUT2D eigenvalue weighted by Crippen LogP contribution is -2.41. The number of hydrogen-bond acceptors (Lipinski definition) is 2. The lowest BCUT2D eigenvalue weighted by molar-refractivity contribution is -0.124. The largest absolute Gasteiger partial charge is 0.506 e. The highest BCUT2D eigenvalue weighted by Gasteiger charge is 2.33. The van der Waals surface area contributed by atoms with E-state index in [1.807, 2.05) is 12.1 Å². The van der Waals surface area contributed by atoms with Crippen LogP contribution in [0.5, 0.6) is 5.75 Å². The van der Waals surface area contributed by atoms with Crippen LogP contribution in [-0.4, -0.2) is 17.6 Å². The molecule has 0 radical (unpaired) electrons. The first-order valence-corrected chi connectivity index (χ1v) is 6.39. The summed E-state index contributed by atoms with van der Waals surface area (Å²) in [6, 6.07) is 5.53. The number of benzene rings is 1. The number of phenolic OH excluding ortho intramolecular Hbond substituents is 1. The monoisotopic (exact) mass is 231 g/mol. The van der Waals surface area contributed by atoms with E-state index in [-0.39, 0.29) is 17.6 Å². The molecule has 1 aliphatic carbocycles. The van der Waals surface area contributed by atoms with Gasteiger partial charge in [-0.05, 0) is 37.3 Å². The van der Waals surface area contributed by atoms with Gasteiger partial charge in [0.05, 0.1) is 5.69 Å². The van der Waals surface area contributed by atoms with Gasteiger partial charge in [-0.1, -0.05) is 18.6 Å². The normalized spacial score (nSPS) is 19.6. The number of phenols is 1. The van der Waals surface area contributed by atoms with Crippen molar-refractivity contribution in [3.05, 3.63) is 23.8 Å². The van der Waals surface area contributed by atoms with Crippen LogP contribution < -0.4 is 4.90 Å². The molecule has 0 aromatic heterocycles. The van der Waals surface area contributed by atoms with E-state index in [0.717, 1.165) is 49.9 Å². The van der Waals surface area contributed by atoms with Gasteiger partial charge in [-0.3, -0.25) is 4.79 Å². The van der Waals surface area contributed by atoms with E-state index < -0.39 is 0 Å². The van der Waals surface area contributed by atoms with E-state index in [4.69, 9.17) is 0 Å². The Labute approximate surface area is 101 Å². The van der Waals surface area contributed by atoms with Crippen molar-refractivity contribution in [1.29, 1.82) is 0 Å². The van der Waals surface area contributed by atoms with Crippen LogP contribution in [0.15, 0.2) is 18.2 Å². The van der Waals surface area contributed by atoms with Crippen molar-refractivity contribution in [2.75, 3.05) is 11.4 Å². The summed E-state index contributed by atoms with van der Waals surface area (Å²) >= 11 is 0. The molecule has 2 aliphatic rings. The molecule has 3 rings (SSSR count). The topological polar surface area (TPSA) is 40.5 Å². The second-order valence-electron chi connectivity index (χ2n) is 5.01. The van der Waals surface area contributed by atoms with Crippen LogP contribution in [0.3, 0.4) is 0 Å². The van der Waals surface area contributed by atoms with Crippen molar-refractivity contribution in [2.24, 2.45) is 5.92 Å². The van der Waals surface area contributed by atoms with Gasteiger partial charge in [-0.2, -0.15) is 0 Å². The molecule has 90 valence electrons. The third kappa shape index (κ3) is 1.70. The molecule has 0 spiro atoms. The molecule has 0 atom stereocenters. The van der Waals surface area contributed by atoms with Crippen LogP contribution in [-0.2, 0) is 11.2 Å². The molecule has 3 nitrogen and oxygen atoms in total. The van der Waals surface area contributed by atoms with E-state index in [1.54, 1.807) is 11.0 Å². The van der Waals surface area contributed by atoms with Crippen LogP contribution in [0.25, 0.3) is 0 Å². The molecule has 1 aromatic carbocycles. The third-order valence-electron chi connectivity index (χ3n) is 3.92. The molecule has 1 fully saturated rings. The van der Waals surface area contributed by atoms with Gasteiger partial charge < -0.3 is 10.0 Å². The number of carbonyl (C=O) groups is 1. The molecule has 1 aromatic rings. The SMILES string of the molecule is O=C(C1CCC1)N1CCCc2cccc(O)c21. The maximum atomic E-state index is 12.3. The highest BCUT2D eigenvalue weighted by atomic mass is 16.3. The Kier molecular flexibility index (Phi) is 2.54. The van der Waals surface area contributed by atoms with Crippen molar-refractivity contribution in [3.8, 4) is 5.75 Å². The Balaban J connectivity index is 1.95. The first-order chi connectivity index (χ1) is 8.27. The van der Waals surface area contributed by atoms with Crippen LogP contribution >= 0.6 is 0 Å². The number of hydrogen-bond donors (Lipinski definition) is 1. The van der Waals surface area contributed by atoms with Gasteiger partial charge in [0, 0.05) is 12.5 Å². The van der Waals surface area contributed by atoms with Crippen molar-refractivity contribution in [2.45, 2.75) is 32.1 Å². The molecule has 3 heteroatoms. The molecule has 1 saturated carbocycles. The summed E-state index contributed by atoms with van der Waals surface area (Å²) in [4.78, 5) is 14.1. The molecule has 1 N–H and O–H groups in total. The molecular formula is C14H17NO2. The number of fused-ring (bicyclic) bond motifs is 1. The lowest BCUT2D eigenvalue weighted by atomic mass is 9.83. The molecule has 17 heavy (non-hydrogen) atoms. The number of aryl methyl sites for hydroxylation is 1. The van der Waals surface area contributed by atoms with Crippen LogP contribution in [0.4, 0.5) is 5.69 Å². The maximum Gasteiger partial charge on any atom is 0.230 e. The molecule has 1 aliphatic heterocycles. The minimum absolute atomic E-state index is 0.195. The van der Waals surface area contributed by atoms with E-state index in [9.17, 15) is 9.90 Å². The zero-order chi connectivity index (χ0) is 11.8. The van der Waals surface area contributed by atoms with Gasteiger partial charge in [-0.25, -0.2) is 0 Å². The van der Waals surface area contributed by atoms with Gasteiger partial charge >= 0.3 is 0 Å². The summed E-state index contributed by atoms with van der Waals surface area (Å²) < 4.78 is 0. The van der Waals surface area contributed by atoms with E-state index >= 15 is 0 Å². The second-order valence-corrected chi connectivity index (χ2v) is 5.01. The zero-order valence-electron chi connectivity index (χ0n) is 9.85. The predicted molar refractivity (Wildman–Crippen MR) is 66.1 cm³/mol. The standard InChI is InChI=1S/C14H17NO2/c16-12-8-2-4-10-7-3-9-15(13(10)12)14(17)11-5-1-6-11/h2,4,8,11,16H,1,3,5-7,9H2. The summed E-state index contributed by atoms with van der Waals surface area (Å²) in [5.74, 6) is 0.647. The molecule has 0 saturated heterocycles. The summed E-state index contributed by atoms with van der Waals surface area (Å²) in [6.07, 6.45) is 5.14. The number of carbonyl (C=O) groups excluding carboxylic acids is 1.